The molecule has 1 aliphatic carbocycles. The number of nitrogens with zero attached hydrogens (tertiary/aromatic N) is 2. The van der Waals surface area contributed by atoms with E-state index in [2.05, 4.69) is 15.3 Å². The second-order valence-corrected chi connectivity index (χ2v) is 6.51. The van der Waals surface area contributed by atoms with E-state index in [1.165, 1.54) is 18.3 Å². The van der Waals surface area contributed by atoms with Crippen molar-refractivity contribution in [2.75, 3.05) is 5.32 Å². The van der Waals surface area contributed by atoms with Gasteiger partial charge in [-0.15, -0.1) is 0 Å². The van der Waals surface area contributed by atoms with Gasteiger partial charge in [0.1, 0.15) is 5.71 Å². The van der Waals surface area contributed by atoms with Gasteiger partial charge in [-0.3, -0.25) is 14.8 Å². The Balaban J connectivity index is 1.78. The maximum absolute atomic E-state index is 14.4. The number of hydrogen-bond donors (Lipinski definition) is 2. The molecule has 1 aromatic carbocycles. The number of anilines is 1. The van der Waals surface area contributed by atoms with Crippen molar-refractivity contribution >= 4 is 28.7 Å². The number of hydrogen-bond acceptors (Lipinski definition) is 4. The number of carbonyl (C=O) groups is 1. The van der Waals surface area contributed by atoms with Crippen LogP contribution in [0.2, 0.25) is 0 Å². The van der Waals surface area contributed by atoms with Crippen LogP contribution in [0.1, 0.15) is 29.6 Å². The molecule has 0 atom stereocenters. The van der Waals surface area contributed by atoms with Crippen molar-refractivity contribution in [1.29, 1.82) is 5.41 Å². The zero-order valence-corrected chi connectivity index (χ0v) is 14.9. The first kappa shape index (κ1) is 20.6. The summed E-state index contributed by atoms with van der Waals surface area (Å²) >= 11 is 0. The SMILES string of the molecule is N=C(CC(=Nc1ccc(NC(=O)c2ccncc2F)cc1F)C1CC1)C(F)(F)F. The highest BCUT2D eigenvalue weighted by molar-refractivity contribution is 6.08. The molecule has 0 spiro atoms. The average Bonchev–Trinajstić information content (AvgIpc) is 3.47. The highest BCUT2D eigenvalue weighted by Gasteiger charge is 2.38. The fourth-order valence-corrected chi connectivity index (χ4v) is 2.56. The smallest absolute Gasteiger partial charge is 0.322 e. The van der Waals surface area contributed by atoms with Gasteiger partial charge in [0.05, 0.1) is 17.4 Å². The Morgan fingerprint density at radius 3 is 2.52 bits per heavy atom. The zero-order valence-electron chi connectivity index (χ0n) is 14.9. The lowest BCUT2D eigenvalue weighted by molar-refractivity contribution is -0.0605. The molecule has 29 heavy (non-hydrogen) atoms. The fraction of sp³-hybridized carbons (Fsp3) is 0.263. The van der Waals surface area contributed by atoms with E-state index < -0.39 is 35.9 Å². The largest absolute Gasteiger partial charge is 0.429 e. The Bertz CT molecular complexity index is 983. The summed E-state index contributed by atoms with van der Waals surface area (Å²) in [6, 6.07) is 4.61. The van der Waals surface area contributed by atoms with Crippen molar-refractivity contribution in [3.8, 4) is 0 Å². The number of aromatic nitrogens is 1. The van der Waals surface area contributed by atoms with Gasteiger partial charge in [-0.05, 0) is 43.0 Å². The first-order valence-corrected chi connectivity index (χ1v) is 8.57. The molecule has 1 amide bonds. The molecule has 2 aromatic rings. The predicted molar refractivity (Wildman–Crippen MR) is 96.8 cm³/mol. The summed E-state index contributed by atoms with van der Waals surface area (Å²) in [6.07, 6.45) is -2.09. The fourth-order valence-electron chi connectivity index (χ4n) is 2.56. The van der Waals surface area contributed by atoms with E-state index in [9.17, 15) is 26.7 Å². The first-order valence-electron chi connectivity index (χ1n) is 8.57. The molecule has 0 radical (unpaired) electrons. The number of halogens is 5. The summed E-state index contributed by atoms with van der Waals surface area (Å²) < 4.78 is 65.9. The Morgan fingerprint density at radius 1 is 1.21 bits per heavy atom. The van der Waals surface area contributed by atoms with Crippen LogP contribution in [0.5, 0.6) is 0 Å². The van der Waals surface area contributed by atoms with Crippen molar-refractivity contribution in [1.82, 2.24) is 4.98 Å². The van der Waals surface area contributed by atoms with Crippen LogP contribution < -0.4 is 5.32 Å². The lowest BCUT2D eigenvalue weighted by Crippen LogP contribution is -2.25. The van der Waals surface area contributed by atoms with Crippen molar-refractivity contribution < 1.29 is 26.7 Å². The molecule has 2 N–H and O–H groups in total. The van der Waals surface area contributed by atoms with E-state index in [0.717, 1.165) is 18.3 Å². The molecule has 1 fully saturated rings. The number of nitrogens with one attached hydrogen (secondary N) is 2. The molecule has 10 heteroatoms. The van der Waals surface area contributed by atoms with E-state index in [4.69, 9.17) is 5.41 Å². The van der Waals surface area contributed by atoms with Gasteiger partial charge in [-0.2, -0.15) is 13.2 Å². The van der Waals surface area contributed by atoms with E-state index in [-0.39, 0.29) is 28.6 Å². The van der Waals surface area contributed by atoms with Gasteiger partial charge in [0, 0.05) is 24.0 Å². The van der Waals surface area contributed by atoms with Crippen LogP contribution in [0.4, 0.5) is 33.3 Å². The van der Waals surface area contributed by atoms with Crippen LogP contribution >= 0.6 is 0 Å². The van der Waals surface area contributed by atoms with E-state index in [0.29, 0.717) is 12.8 Å². The minimum absolute atomic E-state index is 0.0265. The van der Waals surface area contributed by atoms with Gasteiger partial charge in [-0.25, -0.2) is 8.78 Å². The van der Waals surface area contributed by atoms with Crippen LogP contribution in [0.3, 0.4) is 0 Å². The quantitative estimate of drug-likeness (QED) is 0.515. The minimum atomic E-state index is -4.76. The third-order valence-electron chi connectivity index (χ3n) is 4.24. The van der Waals surface area contributed by atoms with Gasteiger partial charge < -0.3 is 10.7 Å². The molecule has 152 valence electrons. The van der Waals surface area contributed by atoms with E-state index in [1.807, 2.05) is 0 Å². The van der Waals surface area contributed by atoms with E-state index in [1.54, 1.807) is 0 Å². The lowest BCUT2D eigenvalue weighted by atomic mass is 10.1. The van der Waals surface area contributed by atoms with Gasteiger partial charge in [0.15, 0.2) is 11.6 Å². The molecular formula is C19H15F5N4O. The summed E-state index contributed by atoms with van der Waals surface area (Å²) in [5, 5.41) is 9.47. The lowest BCUT2D eigenvalue weighted by Gasteiger charge is -2.11. The van der Waals surface area contributed by atoms with Crippen LogP contribution in [0.25, 0.3) is 0 Å². The van der Waals surface area contributed by atoms with Crippen LogP contribution in [0.15, 0.2) is 41.7 Å². The van der Waals surface area contributed by atoms with Crippen LogP contribution in [0, 0.1) is 23.0 Å². The Morgan fingerprint density at radius 2 is 1.93 bits per heavy atom. The third kappa shape index (κ3) is 5.21. The summed E-state index contributed by atoms with van der Waals surface area (Å²) in [5.41, 5.74) is -1.79. The molecule has 1 saturated carbocycles. The third-order valence-corrected chi connectivity index (χ3v) is 4.24. The molecule has 5 nitrogen and oxygen atoms in total. The topological polar surface area (TPSA) is 78.2 Å². The maximum atomic E-state index is 14.4. The van der Waals surface area contributed by atoms with Crippen molar-refractivity contribution in [2.24, 2.45) is 10.9 Å². The van der Waals surface area contributed by atoms with Crippen LogP contribution in [-0.2, 0) is 0 Å². The van der Waals surface area contributed by atoms with Crippen molar-refractivity contribution in [2.45, 2.75) is 25.4 Å². The summed E-state index contributed by atoms with van der Waals surface area (Å²) in [7, 11) is 0. The molecule has 0 unspecified atom stereocenters. The second-order valence-electron chi connectivity index (χ2n) is 6.51. The van der Waals surface area contributed by atoms with Gasteiger partial charge in [-0.1, -0.05) is 0 Å². The van der Waals surface area contributed by atoms with Gasteiger partial charge >= 0.3 is 6.18 Å². The van der Waals surface area contributed by atoms with Gasteiger partial charge in [0.25, 0.3) is 5.91 Å². The summed E-state index contributed by atoms with van der Waals surface area (Å²) in [4.78, 5) is 19.6. The number of carbonyl (C=O) groups excluding carboxylic acids is 1. The Hall–Kier alpha value is -3.17. The standard InChI is InChI=1S/C19H15F5N4O/c20-13-7-11(27-18(29)12-5-6-26-9-14(12)21)3-4-15(13)28-16(10-1-2-10)8-17(25)19(22,23)24/h3-7,9-10,25H,1-2,8H2,(H,27,29). The molecule has 1 aliphatic rings. The zero-order chi connectivity index (χ0) is 21.2. The molecule has 1 heterocycles. The van der Waals surface area contributed by atoms with Crippen molar-refractivity contribution in [3.05, 3.63) is 53.9 Å². The second kappa shape index (κ2) is 8.06. The number of rotatable bonds is 6. The predicted octanol–water partition coefficient (Wildman–Crippen LogP) is 5.07. The highest BCUT2D eigenvalue weighted by atomic mass is 19.4. The number of benzene rings is 1. The highest BCUT2D eigenvalue weighted by Crippen LogP contribution is 2.35. The monoisotopic (exact) mass is 410 g/mol. The summed E-state index contributed by atoms with van der Waals surface area (Å²) in [6.45, 7) is 0. The van der Waals surface area contributed by atoms with Gasteiger partial charge in [0.2, 0.25) is 0 Å². The molecule has 0 aliphatic heterocycles. The first-order chi connectivity index (χ1) is 13.6. The van der Waals surface area contributed by atoms with E-state index >= 15 is 0 Å². The van der Waals surface area contributed by atoms with Crippen molar-refractivity contribution in [3.63, 3.8) is 0 Å². The maximum Gasteiger partial charge on any atom is 0.429 e. The number of aliphatic imine (C=N–C) groups is 1. The van der Waals surface area contributed by atoms with Crippen LogP contribution in [-0.4, -0.2) is 28.5 Å². The molecule has 1 aromatic heterocycles. The minimum Gasteiger partial charge on any atom is -0.322 e. The number of alkyl halides is 3. The Labute approximate surface area is 162 Å². The summed E-state index contributed by atoms with van der Waals surface area (Å²) in [5.74, 6) is -2.72. The Kier molecular flexibility index (Phi) is 5.71. The molecule has 0 saturated heterocycles. The number of pyridine rings is 1. The molecular weight excluding hydrogens is 395 g/mol. The average molecular weight is 410 g/mol. The number of amides is 1. The normalized spacial score (nSPS) is 14.6. The molecule has 0 bridgehead atoms. The molecule has 3 rings (SSSR count).